The Morgan fingerprint density at radius 3 is 1.61 bits per heavy atom. The van der Waals surface area contributed by atoms with E-state index in [2.05, 4.69) is 55.6 Å². The van der Waals surface area contributed by atoms with Gasteiger partial charge in [0.1, 0.15) is 0 Å². The van der Waals surface area contributed by atoms with Gasteiger partial charge in [-0.1, -0.05) is 134 Å². The van der Waals surface area contributed by atoms with Crippen LogP contribution in [0.2, 0.25) is 0 Å². The maximum Gasteiger partial charge on any atom is 0.220 e. The minimum Gasteiger partial charge on any atom is -0.394 e. The van der Waals surface area contributed by atoms with Crippen LogP contribution in [0.4, 0.5) is 0 Å². The maximum atomic E-state index is 12.2. The molecule has 0 saturated heterocycles. The molecule has 0 bridgehead atoms. The Hall–Kier alpha value is -1.39. The first kappa shape index (κ1) is 36.6. The summed E-state index contributed by atoms with van der Waals surface area (Å²) in [5, 5.41) is 22.6. The van der Waals surface area contributed by atoms with Gasteiger partial charge in [-0.25, -0.2) is 0 Å². The molecule has 0 saturated carbocycles. The largest absolute Gasteiger partial charge is 0.394 e. The van der Waals surface area contributed by atoms with Gasteiger partial charge in [-0.3, -0.25) is 4.79 Å². The Bertz CT molecular complexity index is 584. The molecule has 0 aliphatic carbocycles. The van der Waals surface area contributed by atoms with E-state index in [1.807, 2.05) is 0 Å². The first-order valence-electron chi connectivity index (χ1n) is 16.2. The molecule has 1 amide bonds. The molecule has 0 heterocycles. The number of carbonyl (C=O) groups excluding carboxylic acids is 1. The molecular formula is C34H63NO3. The Morgan fingerprint density at radius 1 is 0.632 bits per heavy atom. The molecule has 0 aliphatic heterocycles. The monoisotopic (exact) mass is 533 g/mol. The zero-order valence-electron chi connectivity index (χ0n) is 25.2. The van der Waals surface area contributed by atoms with Crippen molar-refractivity contribution in [3.8, 4) is 0 Å². The number of allylic oxidation sites excluding steroid dienone is 6. The van der Waals surface area contributed by atoms with Crippen LogP contribution in [-0.2, 0) is 4.79 Å². The first-order valence-corrected chi connectivity index (χ1v) is 16.2. The third-order valence-corrected chi connectivity index (χ3v) is 7.15. The topological polar surface area (TPSA) is 69.6 Å². The van der Waals surface area contributed by atoms with E-state index in [1.165, 1.54) is 77.0 Å². The molecule has 0 aromatic rings. The fourth-order valence-electron chi connectivity index (χ4n) is 4.60. The predicted octanol–water partition coefficient (Wildman–Crippen LogP) is 9.12. The van der Waals surface area contributed by atoms with Gasteiger partial charge in [0.2, 0.25) is 5.91 Å². The molecule has 0 fully saturated rings. The van der Waals surface area contributed by atoms with Crippen LogP contribution in [0.3, 0.4) is 0 Å². The number of unbranched alkanes of at least 4 members (excludes halogenated alkanes) is 15. The van der Waals surface area contributed by atoms with Crippen molar-refractivity contribution in [3.63, 3.8) is 0 Å². The fraction of sp³-hybridized carbons (Fsp3) is 0.794. The summed E-state index contributed by atoms with van der Waals surface area (Å²) >= 11 is 0. The highest BCUT2D eigenvalue weighted by molar-refractivity contribution is 5.76. The number of rotatable bonds is 28. The molecule has 0 aliphatic rings. The lowest BCUT2D eigenvalue weighted by Crippen LogP contribution is -2.45. The zero-order valence-corrected chi connectivity index (χ0v) is 25.2. The van der Waals surface area contributed by atoms with E-state index in [1.54, 1.807) is 0 Å². The van der Waals surface area contributed by atoms with E-state index in [-0.39, 0.29) is 12.5 Å². The Balaban J connectivity index is 3.57. The standard InChI is InChI=1S/C34H63NO3/c1-3-5-7-9-10-11-12-13-14-15-16-17-18-19-20-21-22-23-24-26-28-30-34(38)35-32(31-36)33(37)29-27-25-8-6-4-2/h12-13,15-16,18-19,32-33,36-37H,3-11,14,17,20-31H2,1-2H3,(H,35,38)/b13-12-,16-15-,19-18-. The second-order valence-electron chi connectivity index (χ2n) is 10.9. The lowest BCUT2D eigenvalue weighted by molar-refractivity contribution is -0.123. The second kappa shape index (κ2) is 30.2. The summed E-state index contributed by atoms with van der Waals surface area (Å²) in [5.74, 6) is -0.0536. The SMILES string of the molecule is CCCCCCC/C=C\C/C=C\C/C=C\CCCCCCCCC(=O)NC(CO)C(O)CCCCCCC. The predicted molar refractivity (Wildman–Crippen MR) is 165 cm³/mol. The molecule has 0 spiro atoms. The third-order valence-electron chi connectivity index (χ3n) is 7.15. The summed E-state index contributed by atoms with van der Waals surface area (Å²) in [6.07, 6.45) is 37.9. The van der Waals surface area contributed by atoms with Crippen molar-refractivity contribution in [2.45, 2.75) is 167 Å². The normalized spacial score (nSPS) is 13.7. The highest BCUT2D eigenvalue weighted by atomic mass is 16.3. The molecule has 4 nitrogen and oxygen atoms in total. The molecular weight excluding hydrogens is 470 g/mol. The van der Waals surface area contributed by atoms with E-state index in [0.717, 1.165) is 51.4 Å². The molecule has 38 heavy (non-hydrogen) atoms. The van der Waals surface area contributed by atoms with Crippen LogP contribution < -0.4 is 5.32 Å². The third kappa shape index (κ3) is 26.2. The Morgan fingerprint density at radius 2 is 1.08 bits per heavy atom. The van der Waals surface area contributed by atoms with Crippen LogP contribution in [0.25, 0.3) is 0 Å². The molecule has 2 atom stereocenters. The number of nitrogens with one attached hydrogen (secondary N) is 1. The van der Waals surface area contributed by atoms with Gasteiger partial charge in [-0.05, 0) is 51.4 Å². The number of carbonyl (C=O) groups is 1. The summed E-state index contributed by atoms with van der Waals surface area (Å²) in [4.78, 5) is 12.2. The molecule has 0 rings (SSSR count). The van der Waals surface area contributed by atoms with Gasteiger partial charge in [0.15, 0.2) is 0 Å². The summed E-state index contributed by atoms with van der Waals surface area (Å²) in [7, 11) is 0. The second-order valence-corrected chi connectivity index (χ2v) is 10.9. The molecule has 0 aromatic heterocycles. The minimum absolute atomic E-state index is 0.0536. The smallest absolute Gasteiger partial charge is 0.220 e. The first-order chi connectivity index (χ1) is 18.7. The van der Waals surface area contributed by atoms with Crippen molar-refractivity contribution in [2.24, 2.45) is 0 Å². The van der Waals surface area contributed by atoms with Crippen molar-refractivity contribution in [1.82, 2.24) is 5.32 Å². The average Bonchev–Trinajstić information content (AvgIpc) is 2.92. The quantitative estimate of drug-likeness (QED) is 0.0693. The number of aliphatic hydroxyl groups excluding tert-OH is 2. The molecule has 0 aromatic carbocycles. The number of aliphatic hydroxyl groups is 2. The molecule has 3 N–H and O–H groups in total. The summed E-state index contributed by atoms with van der Waals surface area (Å²) < 4.78 is 0. The van der Waals surface area contributed by atoms with Crippen LogP contribution in [-0.4, -0.2) is 34.9 Å². The van der Waals surface area contributed by atoms with E-state index >= 15 is 0 Å². The van der Waals surface area contributed by atoms with Crippen molar-refractivity contribution < 1.29 is 15.0 Å². The fourth-order valence-corrected chi connectivity index (χ4v) is 4.60. The minimum atomic E-state index is -0.660. The highest BCUT2D eigenvalue weighted by Crippen LogP contribution is 2.12. The van der Waals surface area contributed by atoms with Crippen LogP contribution in [0.15, 0.2) is 36.5 Å². The summed E-state index contributed by atoms with van der Waals surface area (Å²) in [5.41, 5.74) is 0. The number of hydrogen-bond acceptors (Lipinski definition) is 3. The highest BCUT2D eigenvalue weighted by Gasteiger charge is 2.19. The Kier molecular flexibility index (Phi) is 29.1. The van der Waals surface area contributed by atoms with Gasteiger partial charge in [-0.2, -0.15) is 0 Å². The van der Waals surface area contributed by atoms with E-state index in [9.17, 15) is 15.0 Å². The van der Waals surface area contributed by atoms with Crippen LogP contribution >= 0.6 is 0 Å². The summed E-state index contributed by atoms with van der Waals surface area (Å²) in [6, 6.07) is -0.538. The summed E-state index contributed by atoms with van der Waals surface area (Å²) in [6.45, 7) is 4.24. The van der Waals surface area contributed by atoms with Crippen molar-refractivity contribution in [1.29, 1.82) is 0 Å². The van der Waals surface area contributed by atoms with E-state index in [4.69, 9.17) is 0 Å². The lowest BCUT2D eigenvalue weighted by atomic mass is 10.0. The van der Waals surface area contributed by atoms with Crippen LogP contribution in [0, 0.1) is 0 Å². The molecule has 2 unspecified atom stereocenters. The van der Waals surface area contributed by atoms with Gasteiger partial charge in [0.05, 0.1) is 18.8 Å². The molecule has 4 heteroatoms. The van der Waals surface area contributed by atoms with Gasteiger partial charge in [0.25, 0.3) is 0 Å². The number of hydrogen-bond donors (Lipinski definition) is 3. The molecule has 0 radical (unpaired) electrons. The van der Waals surface area contributed by atoms with E-state index in [0.29, 0.717) is 12.8 Å². The molecule has 222 valence electrons. The van der Waals surface area contributed by atoms with Gasteiger partial charge in [0, 0.05) is 6.42 Å². The van der Waals surface area contributed by atoms with Gasteiger partial charge >= 0.3 is 0 Å². The van der Waals surface area contributed by atoms with Crippen molar-refractivity contribution in [2.75, 3.05) is 6.61 Å². The van der Waals surface area contributed by atoms with Gasteiger partial charge < -0.3 is 15.5 Å². The van der Waals surface area contributed by atoms with Crippen molar-refractivity contribution in [3.05, 3.63) is 36.5 Å². The average molecular weight is 534 g/mol. The maximum absolute atomic E-state index is 12.2. The van der Waals surface area contributed by atoms with Gasteiger partial charge in [-0.15, -0.1) is 0 Å². The van der Waals surface area contributed by atoms with Crippen LogP contribution in [0.5, 0.6) is 0 Å². The Labute approximate surface area is 236 Å². The number of amides is 1. The van der Waals surface area contributed by atoms with Crippen molar-refractivity contribution >= 4 is 5.91 Å². The lowest BCUT2D eigenvalue weighted by Gasteiger charge is -2.22. The van der Waals surface area contributed by atoms with E-state index < -0.39 is 12.1 Å². The zero-order chi connectivity index (χ0) is 27.9. The van der Waals surface area contributed by atoms with Crippen LogP contribution in [0.1, 0.15) is 155 Å².